The molecule has 1 aliphatic carbocycles. The first kappa shape index (κ1) is 16.0. The highest BCUT2D eigenvalue weighted by molar-refractivity contribution is 9.10. The lowest BCUT2D eigenvalue weighted by Gasteiger charge is -2.12. The smallest absolute Gasteiger partial charge is 0.253 e. The molecule has 0 saturated heterocycles. The summed E-state index contributed by atoms with van der Waals surface area (Å²) in [6.07, 6.45) is 6.21. The fourth-order valence-corrected chi connectivity index (χ4v) is 3.32. The molecule has 0 aliphatic heterocycles. The number of rotatable bonds is 4. The monoisotopic (exact) mass is 373 g/mol. The molecule has 23 heavy (non-hydrogen) atoms. The summed E-state index contributed by atoms with van der Waals surface area (Å²) in [5, 5.41) is 6.35. The summed E-state index contributed by atoms with van der Waals surface area (Å²) in [6, 6.07) is 10.0. The number of carbonyl (C=O) groups is 1. The third kappa shape index (κ3) is 4.10. The normalized spacial score (nSPS) is 14.7. The highest BCUT2D eigenvalue weighted by Crippen LogP contribution is 2.23. The Morgan fingerprint density at radius 1 is 1.22 bits per heavy atom. The zero-order valence-electron chi connectivity index (χ0n) is 13.1. The van der Waals surface area contributed by atoms with Crippen LogP contribution in [-0.4, -0.2) is 16.9 Å². The molecule has 1 fully saturated rings. The number of nitrogens with one attached hydrogen (secondary N) is 2. The topological polar surface area (TPSA) is 54.0 Å². The molecule has 3 rings (SSSR count). The van der Waals surface area contributed by atoms with E-state index in [1.165, 1.54) is 12.8 Å². The van der Waals surface area contributed by atoms with Gasteiger partial charge in [0.15, 0.2) is 0 Å². The molecule has 0 radical (unpaired) electrons. The van der Waals surface area contributed by atoms with Crippen molar-refractivity contribution < 1.29 is 4.79 Å². The predicted octanol–water partition coefficient (Wildman–Crippen LogP) is 4.57. The largest absolute Gasteiger partial charge is 0.349 e. The summed E-state index contributed by atoms with van der Waals surface area (Å²) in [4.78, 5) is 16.5. The lowest BCUT2D eigenvalue weighted by atomic mass is 10.2. The van der Waals surface area contributed by atoms with Crippen molar-refractivity contribution in [1.82, 2.24) is 10.3 Å². The molecule has 120 valence electrons. The molecule has 0 atom stereocenters. The Bertz CT molecular complexity index is 694. The van der Waals surface area contributed by atoms with Gasteiger partial charge in [0.05, 0.1) is 5.56 Å². The Hall–Kier alpha value is -1.88. The number of nitrogens with zero attached hydrogens (tertiary/aromatic N) is 1. The second-order valence-corrected chi connectivity index (χ2v) is 6.89. The van der Waals surface area contributed by atoms with Crippen LogP contribution in [0, 0.1) is 6.92 Å². The van der Waals surface area contributed by atoms with Crippen LogP contribution in [0.2, 0.25) is 0 Å². The number of halogens is 1. The van der Waals surface area contributed by atoms with Crippen molar-refractivity contribution in [2.24, 2.45) is 0 Å². The van der Waals surface area contributed by atoms with Gasteiger partial charge in [-0.05, 0) is 55.7 Å². The van der Waals surface area contributed by atoms with E-state index in [1.807, 2.05) is 37.3 Å². The standard InChI is InChI=1S/C18H20BrN3O/c1-12-10-14(19)7-8-16(12)22-17-9-6-13(11-20-17)18(23)21-15-4-2-3-5-15/h6-11,15H,2-5H2,1H3,(H,20,22)(H,21,23). The minimum Gasteiger partial charge on any atom is -0.349 e. The van der Waals surface area contributed by atoms with Crippen LogP contribution in [0.25, 0.3) is 0 Å². The van der Waals surface area contributed by atoms with Gasteiger partial charge < -0.3 is 10.6 Å². The van der Waals surface area contributed by atoms with Gasteiger partial charge in [0.2, 0.25) is 0 Å². The number of hydrogen-bond donors (Lipinski definition) is 2. The number of benzene rings is 1. The van der Waals surface area contributed by atoms with Crippen LogP contribution in [-0.2, 0) is 0 Å². The second-order valence-electron chi connectivity index (χ2n) is 5.97. The van der Waals surface area contributed by atoms with Crippen molar-refractivity contribution in [2.75, 3.05) is 5.32 Å². The number of pyridine rings is 1. The van der Waals surface area contributed by atoms with Crippen molar-refractivity contribution in [3.05, 3.63) is 52.1 Å². The van der Waals surface area contributed by atoms with Gasteiger partial charge in [-0.2, -0.15) is 0 Å². The summed E-state index contributed by atoms with van der Waals surface area (Å²) in [5.74, 6) is 0.698. The Morgan fingerprint density at radius 3 is 2.65 bits per heavy atom. The van der Waals surface area contributed by atoms with Crippen molar-refractivity contribution in [2.45, 2.75) is 38.6 Å². The maximum atomic E-state index is 12.2. The van der Waals surface area contributed by atoms with E-state index in [0.29, 0.717) is 11.6 Å². The molecular weight excluding hydrogens is 354 g/mol. The Kier molecular flexibility index (Phi) is 4.96. The maximum Gasteiger partial charge on any atom is 0.253 e. The second kappa shape index (κ2) is 7.13. The Labute approximate surface area is 144 Å². The minimum absolute atomic E-state index is 0.0317. The van der Waals surface area contributed by atoms with Gasteiger partial charge in [-0.25, -0.2) is 4.98 Å². The number of anilines is 2. The Balaban J connectivity index is 1.65. The van der Waals surface area contributed by atoms with Crippen molar-refractivity contribution in [1.29, 1.82) is 0 Å². The molecule has 1 aliphatic rings. The molecule has 1 saturated carbocycles. The van der Waals surface area contributed by atoms with Crippen molar-refractivity contribution >= 4 is 33.3 Å². The van der Waals surface area contributed by atoms with E-state index >= 15 is 0 Å². The van der Waals surface area contributed by atoms with E-state index in [-0.39, 0.29) is 5.91 Å². The van der Waals surface area contributed by atoms with Crippen LogP contribution in [0.5, 0.6) is 0 Å². The first-order chi connectivity index (χ1) is 11.1. The number of hydrogen-bond acceptors (Lipinski definition) is 3. The molecule has 2 aromatic rings. The molecule has 0 spiro atoms. The van der Waals surface area contributed by atoms with Crippen LogP contribution in [0.4, 0.5) is 11.5 Å². The fourth-order valence-electron chi connectivity index (χ4n) is 2.85. The summed E-state index contributed by atoms with van der Waals surface area (Å²) in [5.41, 5.74) is 2.74. The van der Waals surface area contributed by atoms with Gasteiger partial charge in [-0.3, -0.25) is 4.79 Å². The molecule has 0 unspecified atom stereocenters. The van der Waals surface area contributed by atoms with Gasteiger partial charge in [0.1, 0.15) is 5.82 Å². The first-order valence-electron chi connectivity index (χ1n) is 7.92. The third-order valence-corrected chi connectivity index (χ3v) is 4.66. The van der Waals surface area contributed by atoms with Crippen LogP contribution in [0.15, 0.2) is 41.0 Å². The quantitative estimate of drug-likeness (QED) is 0.825. The van der Waals surface area contributed by atoms with E-state index in [2.05, 4.69) is 31.5 Å². The van der Waals surface area contributed by atoms with E-state index in [4.69, 9.17) is 0 Å². The Morgan fingerprint density at radius 2 is 2.00 bits per heavy atom. The van der Waals surface area contributed by atoms with Crippen molar-refractivity contribution in [3.63, 3.8) is 0 Å². The molecular formula is C18H20BrN3O. The van der Waals surface area contributed by atoms with Crippen LogP contribution >= 0.6 is 15.9 Å². The molecule has 5 heteroatoms. The lowest BCUT2D eigenvalue weighted by molar-refractivity contribution is 0.0937. The molecule has 1 heterocycles. The van der Waals surface area contributed by atoms with E-state index in [9.17, 15) is 4.79 Å². The number of aromatic nitrogens is 1. The van der Waals surface area contributed by atoms with E-state index in [1.54, 1.807) is 6.20 Å². The van der Waals surface area contributed by atoms with Crippen LogP contribution < -0.4 is 10.6 Å². The summed E-state index contributed by atoms with van der Waals surface area (Å²) in [6.45, 7) is 2.04. The first-order valence-corrected chi connectivity index (χ1v) is 8.71. The van der Waals surface area contributed by atoms with E-state index in [0.717, 1.165) is 34.4 Å². The summed E-state index contributed by atoms with van der Waals surface area (Å²) < 4.78 is 1.05. The molecule has 4 nitrogen and oxygen atoms in total. The molecule has 1 aromatic carbocycles. The summed E-state index contributed by atoms with van der Waals surface area (Å²) in [7, 11) is 0. The molecule has 0 bridgehead atoms. The average molecular weight is 374 g/mol. The number of carbonyl (C=O) groups excluding carboxylic acids is 1. The zero-order chi connectivity index (χ0) is 16.2. The average Bonchev–Trinajstić information content (AvgIpc) is 3.04. The third-order valence-electron chi connectivity index (χ3n) is 4.17. The molecule has 1 aromatic heterocycles. The van der Waals surface area contributed by atoms with Gasteiger partial charge in [-0.15, -0.1) is 0 Å². The van der Waals surface area contributed by atoms with Crippen molar-refractivity contribution in [3.8, 4) is 0 Å². The van der Waals surface area contributed by atoms with Crippen LogP contribution in [0.1, 0.15) is 41.6 Å². The highest BCUT2D eigenvalue weighted by Gasteiger charge is 2.18. The van der Waals surface area contributed by atoms with Gasteiger partial charge in [0.25, 0.3) is 5.91 Å². The number of amides is 1. The van der Waals surface area contributed by atoms with Gasteiger partial charge in [-0.1, -0.05) is 28.8 Å². The fraction of sp³-hybridized carbons (Fsp3) is 0.333. The van der Waals surface area contributed by atoms with Gasteiger partial charge >= 0.3 is 0 Å². The minimum atomic E-state index is -0.0317. The zero-order valence-corrected chi connectivity index (χ0v) is 14.7. The SMILES string of the molecule is Cc1cc(Br)ccc1Nc1ccc(C(=O)NC2CCCC2)cn1. The highest BCUT2D eigenvalue weighted by atomic mass is 79.9. The molecule has 1 amide bonds. The number of aryl methyl sites for hydroxylation is 1. The van der Waals surface area contributed by atoms with Gasteiger partial charge in [0, 0.05) is 22.4 Å². The lowest BCUT2D eigenvalue weighted by Crippen LogP contribution is -2.32. The van der Waals surface area contributed by atoms with E-state index < -0.39 is 0 Å². The molecule has 2 N–H and O–H groups in total. The van der Waals surface area contributed by atoms with Crippen LogP contribution in [0.3, 0.4) is 0 Å². The summed E-state index contributed by atoms with van der Waals surface area (Å²) >= 11 is 3.46. The maximum absolute atomic E-state index is 12.2. The predicted molar refractivity (Wildman–Crippen MR) is 96.1 cm³/mol.